The summed E-state index contributed by atoms with van der Waals surface area (Å²) >= 11 is 0. The van der Waals surface area contributed by atoms with E-state index in [9.17, 15) is 0 Å². The molecule has 1 aromatic rings. The minimum Gasteiger partial charge on any atom is -0.491 e. The maximum absolute atomic E-state index is 5.87. The molecule has 0 bridgehead atoms. The molecular formula is C13H19NO3. The Balaban J connectivity index is 1.82. The van der Waals surface area contributed by atoms with E-state index in [0.29, 0.717) is 19.8 Å². The van der Waals surface area contributed by atoms with Crippen LogP contribution in [0.3, 0.4) is 0 Å². The fourth-order valence-electron chi connectivity index (χ4n) is 1.77. The summed E-state index contributed by atoms with van der Waals surface area (Å²) in [5, 5.41) is 0. The summed E-state index contributed by atoms with van der Waals surface area (Å²) in [6.45, 7) is 4.60. The molecule has 0 aliphatic carbocycles. The molecule has 1 unspecified atom stereocenters. The molecule has 4 nitrogen and oxygen atoms in total. The third-order valence-corrected chi connectivity index (χ3v) is 2.65. The lowest BCUT2D eigenvalue weighted by atomic mass is 10.1. The second kappa shape index (κ2) is 5.89. The van der Waals surface area contributed by atoms with Crippen LogP contribution < -0.4 is 15.2 Å². The van der Waals surface area contributed by atoms with Crippen LogP contribution in [0.15, 0.2) is 18.2 Å². The first kappa shape index (κ1) is 12.2. The second-order valence-electron chi connectivity index (χ2n) is 4.08. The number of hydrogen-bond donors (Lipinski definition) is 1. The van der Waals surface area contributed by atoms with Crippen LogP contribution in [0.25, 0.3) is 0 Å². The maximum atomic E-state index is 5.87. The van der Waals surface area contributed by atoms with Crippen LogP contribution in [0.4, 0.5) is 0 Å². The minimum absolute atomic E-state index is 0.00747. The SMILES string of the molecule is CCCOCCOc1ccc2c(c1)OCC2N. The van der Waals surface area contributed by atoms with Gasteiger partial charge in [0.15, 0.2) is 0 Å². The molecule has 1 aliphatic rings. The Bertz CT molecular complexity index is 368. The Hall–Kier alpha value is -1.26. The highest BCUT2D eigenvalue weighted by Gasteiger charge is 2.20. The van der Waals surface area contributed by atoms with E-state index in [2.05, 4.69) is 6.92 Å². The molecular weight excluding hydrogens is 218 g/mol. The van der Waals surface area contributed by atoms with E-state index in [1.807, 2.05) is 18.2 Å². The lowest BCUT2D eigenvalue weighted by Crippen LogP contribution is -2.10. The Morgan fingerprint density at radius 3 is 3.06 bits per heavy atom. The van der Waals surface area contributed by atoms with Gasteiger partial charge in [-0.05, 0) is 18.6 Å². The van der Waals surface area contributed by atoms with Gasteiger partial charge in [0.2, 0.25) is 0 Å². The number of rotatable bonds is 6. The predicted octanol–water partition coefficient (Wildman–Crippen LogP) is 1.88. The van der Waals surface area contributed by atoms with Crippen LogP contribution in [0.1, 0.15) is 24.9 Å². The zero-order valence-corrected chi connectivity index (χ0v) is 10.1. The van der Waals surface area contributed by atoms with Crippen molar-refractivity contribution in [3.63, 3.8) is 0 Å². The lowest BCUT2D eigenvalue weighted by molar-refractivity contribution is 0.101. The predicted molar refractivity (Wildman–Crippen MR) is 65.5 cm³/mol. The molecule has 1 atom stereocenters. The van der Waals surface area contributed by atoms with Crippen molar-refractivity contribution in [2.24, 2.45) is 5.73 Å². The largest absolute Gasteiger partial charge is 0.491 e. The van der Waals surface area contributed by atoms with Crippen LogP contribution in [0, 0.1) is 0 Å². The van der Waals surface area contributed by atoms with Gasteiger partial charge in [-0.1, -0.05) is 6.92 Å². The van der Waals surface area contributed by atoms with Crippen molar-refractivity contribution in [1.82, 2.24) is 0 Å². The summed E-state index contributed by atoms with van der Waals surface area (Å²) in [6.07, 6.45) is 1.03. The normalized spacial score (nSPS) is 17.6. The van der Waals surface area contributed by atoms with Crippen molar-refractivity contribution in [3.05, 3.63) is 23.8 Å². The van der Waals surface area contributed by atoms with E-state index in [0.717, 1.165) is 30.1 Å². The molecule has 0 spiro atoms. The molecule has 2 N–H and O–H groups in total. The summed E-state index contributed by atoms with van der Waals surface area (Å²) in [5.74, 6) is 1.64. The first-order chi connectivity index (χ1) is 8.31. The zero-order chi connectivity index (χ0) is 12.1. The first-order valence-electron chi connectivity index (χ1n) is 6.04. The topological polar surface area (TPSA) is 53.7 Å². The van der Waals surface area contributed by atoms with Crippen molar-refractivity contribution < 1.29 is 14.2 Å². The summed E-state index contributed by atoms with van der Waals surface area (Å²) in [6, 6.07) is 5.77. The molecule has 0 amide bonds. The first-order valence-corrected chi connectivity index (χ1v) is 6.04. The highest BCUT2D eigenvalue weighted by Crippen LogP contribution is 2.33. The lowest BCUT2D eigenvalue weighted by Gasteiger charge is -2.08. The Morgan fingerprint density at radius 2 is 2.24 bits per heavy atom. The van der Waals surface area contributed by atoms with Crippen LogP contribution in [0.2, 0.25) is 0 Å². The van der Waals surface area contributed by atoms with Gasteiger partial charge in [-0.25, -0.2) is 0 Å². The molecule has 0 radical (unpaired) electrons. The summed E-state index contributed by atoms with van der Waals surface area (Å²) < 4.78 is 16.4. The van der Waals surface area contributed by atoms with E-state index in [4.69, 9.17) is 19.9 Å². The molecule has 1 aliphatic heterocycles. The van der Waals surface area contributed by atoms with Crippen molar-refractivity contribution in [1.29, 1.82) is 0 Å². The van der Waals surface area contributed by atoms with Crippen LogP contribution >= 0.6 is 0 Å². The van der Waals surface area contributed by atoms with Gasteiger partial charge in [-0.15, -0.1) is 0 Å². The molecule has 4 heteroatoms. The molecule has 0 saturated carbocycles. The van der Waals surface area contributed by atoms with Crippen LogP contribution in [-0.4, -0.2) is 26.4 Å². The summed E-state index contributed by atoms with van der Waals surface area (Å²) in [7, 11) is 0. The smallest absolute Gasteiger partial charge is 0.127 e. The number of hydrogen-bond acceptors (Lipinski definition) is 4. The highest BCUT2D eigenvalue weighted by molar-refractivity contribution is 5.44. The fourth-order valence-corrected chi connectivity index (χ4v) is 1.77. The van der Waals surface area contributed by atoms with Crippen molar-refractivity contribution in [2.75, 3.05) is 26.4 Å². The van der Waals surface area contributed by atoms with Gasteiger partial charge < -0.3 is 19.9 Å². The van der Waals surface area contributed by atoms with Gasteiger partial charge in [0.1, 0.15) is 24.7 Å². The number of ether oxygens (including phenoxy) is 3. The molecule has 2 rings (SSSR count). The zero-order valence-electron chi connectivity index (χ0n) is 10.1. The van der Waals surface area contributed by atoms with Gasteiger partial charge in [-0.2, -0.15) is 0 Å². The van der Waals surface area contributed by atoms with Crippen molar-refractivity contribution in [2.45, 2.75) is 19.4 Å². The van der Waals surface area contributed by atoms with Crippen molar-refractivity contribution >= 4 is 0 Å². The third kappa shape index (κ3) is 3.11. The Kier molecular flexibility index (Phi) is 4.23. The maximum Gasteiger partial charge on any atom is 0.127 e. The van der Waals surface area contributed by atoms with Gasteiger partial charge in [0.25, 0.3) is 0 Å². The second-order valence-corrected chi connectivity index (χ2v) is 4.08. The van der Waals surface area contributed by atoms with Gasteiger partial charge in [-0.3, -0.25) is 0 Å². The van der Waals surface area contributed by atoms with E-state index in [1.54, 1.807) is 0 Å². The van der Waals surface area contributed by atoms with E-state index in [1.165, 1.54) is 0 Å². The summed E-state index contributed by atoms with van der Waals surface area (Å²) in [5.41, 5.74) is 6.92. The quantitative estimate of drug-likeness (QED) is 0.768. The monoisotopic (exact) mass is 237 g/mol. The average molecular weight is 237 g/mol. The molecule has 0 fully saturated rings. The minimum atomic E-state index is -0.00747. The molecule has 17 heavy (non-hydrogen) atoms. The Labute approximate surface area is 102 Å². The summed E-state index contributed by atoms with van der Waals surface area (Å²) in [4.78, 5) is 0. The van der Waals surface area contributed by atoms with E-state index >= 15 is 0 Å². The van der Waals surface area contributed by atoms with E-state index < -0.39 is 0 Å². The van der Waals surface area contributed by atoms with Gasteiger partial charge in [0, 0.05) is 18.2 Å². The average Bonchev–Trinajstić information content (AvgIpc) is 2.71. The molecule has 0 aromatic heterocycles. The number of nitrogens with two attached hydrogens (primary N) is 1. The van der Waals surface area contributed by atoms with Gasteiger partial charge in [0.05, 0.1) is 12.6 Å². The van der Waals surface area contributed by atoms with Crippen molar-refractivity contribution in [3.8, 4) is 11.5 Å². The van der Waals surface area contributed by atoms with Crippen LogP contribution in [0.5, 0.6) is 11.5 Å². The highest BCUT2D eigenvalue weighted by atomic mass is 16.5. The molecule has 1 heterocycles. The van der Waals surface area contributed by atoms with E-state index in [-0.39, 0.29) is 6.04 Å². The third-order valence-electron chi connectivity index (χ3n) is 2.65. The number of benzene rings is 1. The standard InChI is InChI=1S/C13H19NO3/c1-2-5-15-6-7-16-10-3-4-11-12(14)9-17-13(11)8-10/h3-4,8,12H,2,5-7,9,14H2,1H3. The fraction of sp³-hybridized carbons (Fsp3) is 0.538. The molecule has 1 aromatic carbocycles. The Morgan fingerprint density at radius 1 is 1.35 bits per heavy atom. The van der Waals surface area contributed by atoms with Gasteiger partial charge >= 0.3 is 0 Å². The van der Waals surface area contributed by atoms with Crippen LogP contribution in [-0.2, 0) is 4.74 Å². The molecule has 0 saturated heterocycles. The molecule has 94 valence electrons. The number of fused-ring (bicyclic) bond motifs is 1.